The molecule has 1 heterocycles. The van der Waals surface area contributed by atoms with Crippen molar-refractivity contribution in [3.05, 3.63) is 35.7 Å². The minimum absolute atomic E-state index is 0.577. The second kappa shape index (κ2) is 5.12. The van der Waals surface area contributed by atoms with Gasteiger partial charge in [0.05, 0.1) is 0 Å². The van der Waals surface area contributed by atoms with E-state index in [-0.39, 0.29) is 0 Å². The normalized spacial score (nSPS) is 10.6. The third-order valence-electron chi connectivity index (χ3n) is 2.26. The molecule has 3 nitrogen and oxygen atoms in total. The summed E-state index contributed by atoms with van der Waals surface area (Å²) < 4.78 is 5.55. The zero-order valence-corrected chi connectivity index (χ0v) is 9.87. The summed E-state index contributed by atoms with van der Waals surface area (Å²) in [6, 6.07) is 8.01. The first-order valence-corrected chi connectivity index (χ1v) is 5.78. The molecule has 0 aliphatic carbocycles. The number of halogens is 1. The SMILES string of the molecule is Cc1cccc(-c2nnc(CCCCl)o2)c1. The van der Waals surface area contributed by atoms with Crippen LogP contribution >= 0.6 is 11.6 Å². The van der Waals surface area contributed by atoms with Crippen LogP contribution in [0, 0.1) is 6.92 Å². The van der Waals surface area contributed by atoms with Crippen molar-refractivity contribution < 1.29 is 4.42 Å². The van der Waals surface area contributed by atoms with E-state index in [0.717, 1.165) is 18.4 Å². The van der Waals surface area contributed by atoms with Gasteiger partial charge in [-0.15, -0.1) is 21.8 Å². The fourth-order valence-electron chi connectivity index (χ4n) is 1.47. The summed E-state index contributed by atoms with van der Waals surface area (Å²) in [5, 5.41) is 8.01. The van der Waals surface area contributed by atoms with Crippen LogP contribution in [0.15, 0.2) is 28.7 Å². The van der Waals surface area contributed by atoms with Gasteiger partial charge in [0.25, 0.3) is 0 Å². The quantitative estimate of drug-likeness (QED) is 0.766. The molecule has 4 heteroatoms. The van der Waals surface area contributed by atoms with Gasteiger partial charge in [-0.1, -0.05) is 17.7 Å². The van der Waals surface area contributed by atoms with Crippen LogP contribution in [0.1, 0.15) is 17.9 Å². The molecule has 2 rings (SSSR count). The molecule has 0 N–H and O–H groups in total. The Morgan fingerprint density at radius 1 is 1.31 bits per heavy atom. The van der Waals surface area contributed by atoms with Gasteiger partial charge in [-0.3, -0.25) is 0 Å². The van der Waals surface area contributed by atoms with Crippen molar-refractivity contribution in [3.8, 4) is 11.5 Å². The van der Waals surface area contributed by atoms with Crippen LogP contribution in [0.2, 0.25) is 0 Å². The van der Waals surface area contributed by atoms with Crippen molar-refractivity contribution in [2.45, 2.75) is 19.8 Å². The number of hydrogen-bond acceptors (Lipinski definition) is 3. The summed E-state index contributed by atoms with van der Waals surface area (Å²) in [6.07, 6.45) is 1.60. The van der Waals surface area contributed by atoms with Crippen LogP contribution in [0.25, 0.3) is 11.5 Å². The Kier molecular flexibility index (Phi) is 3.57. The van der Waals surface area contributed by atoms with Gasteiger partial charge in [0, 0.05) is 17.9 Å². The van der Waals surface area contributed by atoms with Gasteiger partial charge in [0.15, 0.2) is 0 Å². The molecule has 0 saturated carbocycles. The van der Waals surface area contributed by atoms with E-state index in [0.29, 0.717) is 17.7 Å². The van der Waals surface area contributed by atoms with Crippen LogP contribution in [-0.2, 0) is 6.42 Å². The Hall–Kier alpha value is -1.35. The van der Waals surface area contributed by atoms with Crippen molar-refractivity contribution in [2.24, 2.45) is 0 Å². The molecule has 0 aliphatic heterocycles. The van der Waals surface area contributed by atoms with Gasteiger partial charge >= 0.3 is 0 Å². The predicted octanol–water partition coefficient (Wildman–Crippen LogP) is 3.22. The van der Waals surface area contributed by atoms with Gasteiger partial charge in [-0.05, 0) is 25.5 Å². The Labute approximate surface area is 99.5 Å². The van der Waals surface area contributed by atoms with E-state index in [1.165, 1.54) is 5.56 Å². The molecule has 0 saturated heterocycles. The summed E-state index contributed by atoms with van der Waals surface area (Å²) in [6.45, 7) is 2.04. The third kappa shape index (κ3) is 2.61. The molecular weight excluding hydrogens is 224 g/mol. The molecule has 0 unspecified atom stereocenters. The van der Waals surface area contributed by atoms with Crippen LogP contribution in [0.4, 0.5) is 0 Å². The smallest absolute Gasteiger partial charge is 0.247 e. The minimum atomic E-state index is 0.577. The van der Waals surface area contributed by atoms with Gasteiger partial charge < -0.3 is 4.42 Å². The molecule has 0 atom stereocenters. The number of rotatable bonds is 4. The van der Waals surface area contributed by atoms with Gasteiger partial charge in [-0.25, -0.2) is 0 Å². The highest BCUT2D eigenvalue weighted by molar-refractivity contribution is 6.17. The standard InChI is InChI=1S/C12H13ClN2O/c1-9-4-2-5-10(8-9)12-15-14-11(16-12)6-3-7-13/h2,4-5,8H,3,6-7H2,1H3. The zero-order chi connectivity index (χ0) is 11.4. The fraction of sp³-hybridized carbons (Fsp3) is 0.333. The summed E-state index contributed by atoms with van der Waals surface area (Å²) in [7, 11) is 0. The zero-order valence-electron chi connectivity index (χ0n) is 9.11. The Morgan fingerprint density at radius 3 is 2.94 bits per heavy atom. The van der Waals surface area contributed by atoms with Gasteiger partial charge in [-0.2, -0.15) is 0 Å². The summed E-state index contributed by atoms with van der Waals surface area (Å²) >= 11 is 5.61. The molecule has 0 radical (unpaired) electrons. The van der Waals surface area contributed by atoms with E-state index < -0.39 is 0 Å². The lowest BCUT2D eigenvalue weighted by atomic mass is 10.1. The molecule has 0 amide bonds. The Bertz CT molecular complexity index is 468. The lowest BCUT2D eigenvalue weighted by Crippen LogP contribution is -1.85. The number of alkyl halides is 1. The monoisotopic (exact) mass is 236 g/mol. The molecule has 1 aromatic carbocycles. The molecule has 0 fully saturated rings. The van der Waals surface area contributed by atoms with E-state index in [9.17, 15) is 0 Å². The van der Waals surface area contributed by atoms with Gasteiger partial charge in [0.1, 0.15) is 0 Å². The van der Waals surface area contributed by atoms with Crippen molar-refractivity contribution in [1.29, 1.82) is 0 Å². The van der Waals surface area contributed by atoms with Crippen LogP contribution in [0.5, 0.6) is 0 Å². The largest absolute Gasteiger partial charge is 0.421 e. The molecule has 0 bridgehead atoms. The van der Waals surface area contributed by atoms with E-state index in [1.807, 2.05) is 31.2 Å². The number of aromatic nitrogens is 2. The maximum absolute atomic E-state index is 5.61. The maximum atomic E-state index is 5.61. The van der Waals surface area contributed by atoms with Crippen molar-refractivity contribution in [3.63, 3.8) is 0 Å². The molecule has 0 spiro atoms. The highest BCUT2D eigenvalue weighted by Crippen LogP contribution is 2.19. The van der Waals surface area contributed by atoms with Crippen LogP contribution in [-0.4, -0.2) is 16.1 Å². The topological polar surface area (TPSA) is 38.9 Å². The van der Waals surface area contributed by atoms with Crippen molar-refractivity contribution >= 4 is 11.6 Å². The molecule has 0 aliphatic rings. The lowest BCUT2D eigenvalue weighted by molar-refractivity contribution is 0.502. The first kappa shape index (κ1) is 11.1. The molecule has 16 heavy (non-hydrogen) atoms. The molecule has 2 aromatic rings. The first-order chi connectivity index (χ1) is 7.79. The minimum Gasteiger partial charge on any atom is -0.421 e. The predicted molar refractivity (Wildman–Crippen MR) is 63.5 cm³/mol. The highest BCUT2D eigenvalue weighted by Gasteiger charge is 2.07. The fourth-order valence-corrected chi connectivity index (χ4v) is 1.60. The van der Waals surface area contributed by atoms with Crippen LogP contribution < -0.4 is 0 Å². The number of aryl methyl sites for hydroxylation is 2. The van der Waals surface area contributed by atoms with E-state index in [4.69, 9.17) is 16.0 Å². The summed E-state index contributed by atoms with van der Waals surface area (Å²) in [5.74, 6) is 1.84. The molecule has 1 aromatic heterocycles. The maximum Gasteiger partial charge on any atom is 0.247 e. The van der Waals surface area contributed by atoms with E-state index >= 15 is 0 Å². The second-order valence-electron chi connectivity index (χ2n) is 3.66. The van der Waals surface area contributed by atoms with Crippen molar-refractivity contribution in [2.75, 3.05) is 5.88 Å². The highest BCUT2D eigenvalue weighted by atomic mass is 35.5. The average molecular weight is 237 g/mol. The first-order valence-electron chi connectivity index (χ1n) is 5.25. The lowest BCUT2D eigenvalue weighted by Gasteiger charge is -1.95. The Balaban J connectivity index is 2.18. The second-order valence-corrected chi connectivity index (χ2v) is 4.04. The average Bonchev–Trinajstić information content (AvgIpc) is 2.75. The van der Waals surface area contributed by atoms with E-state index in [2.05, 4.69) is 10.2 Å². The summed E-state index contributed by atoms with van der Waals surface area (Å²) in [4.78, 5) is 0. The summed E-state index contributed by atoms with van der Waals surface area (Å²) in [5.41, 5.74) is 2.14. The molecule has 84 valence electrons. The number of hydrogen-bond donors (Lipinski definition) is 0. The van der Waals surface area contributed by atoms with Gasteiger partial charge in [0.2, 0.25) is 11.8 Å². The van der Waals surface area contributed by atoms with Crippen molar-refractivity contribution in [1.82, 2.24) is 10.2 Å². The number of benzene rings is 1. The van der Waals surface area contributed by atoms with E-state index in [1.54, 1.807) is 0 Å². The van der Waals surface area contributed by atoms with Crippen LogP contribution in [0.3, 0.4) is 0 Å². The Morgan fingerprint density at radius 2 is 2.19 bits per heavy atom. The number of nitrogens with zero attached hydrogens (tertiary/aromatic N) is 2. The molecular formula is C12H13ClN2O. The third-order valence-corrected chi connectivity index (χ3v) is 2.52.